The summed E-state index contributed by atoms with van der Waals surface area (Å²) in [5.41, 5.74) is 13.2. The number of H-pyrrole nitrogens is 1. The van der Waals surface area contributed by atoms with E-state index >= 15 is 0 Å². The fraction of sp³-hybridized carbons (Fsp3) is 0. The number of benzene rings is 1. The van der Waals surface area contributed by atoms with Gasteiger partial charge in [-0.25, -0.2) is 4.98 Å². The number of rotatable bonds is 0. The number of fused-ring (bicyclic) bond motifs is 3. The van der Waals surface area contributed by atoms with Gasteiger partial charge in [0.15, 0.2) is 0 Å². The molecule has 0 radical (unpaired) electrons. The molecule has 0 amide bonds. The number of aromatic amines is 1. The molecule has 7 heteroatoms. The molecule has 0 saturated heterocycles. The van der Waals surface area contributed by atoms with E-state index in [1.165, 1.54) is 0 Å². The predicted molar refractivity (Wildman–Crippen MR) is 74.7 cm³/mol. The van der Waals surface area contributed by atoms with E-state index in [1.807, 2.05) is 24.4 Å². The summed E-state index contributed by atoms with van der Waals surface area (Å²) in [6, 6.07) is 5.78. The van der Waals surface area contributed by atoms with Gasteiger partial charge in [0.05, 0.1) is 10.9 Å². The molecule has 3 rings (SSSR count). The van der Waals surface area contributed by atoms with Crippen LogP contribution in [0.4, 0.5) is 11.8 Å². The van der Waals surface area contributed by atoms with Gasteiger partial charge in [0, 0.05) is 17.1 Å². The lowest BCUT2D eigenvalue weighted by molar-refractivity contribution is 1.25. The average Bonchev–Trinajstić information content (AvgIpc) is 2.63. The molecule has 1 aromatic carbocycles. The Hall–Kier alpha value is -1.72. The normalized spacial score (nSPS) is 9.88. The maximum Gasteiger partial charge on any atom is 0.222 e. The van der Waals surface area contributed by atoms with Crippen LogP contribution in [0.2, 0.25) is 0 Å². The number of halogens is 2. The van der Waals surface area contributed by atoms with Crippen molar-refractivity contribution in [1.29, 1.82) is 0 Å². The van der Waals surface area contributed by atoms with Gasteiger partial charge in [0.1, 0.15) is 5.82 Å². The molecule has 3 aromatic rings. The van der Waals surface area contributed by atoms with Crippen LogP contribution in [0, 0.1) is 0 Å². The van der Waals surface area contributed by atoms with Crippen molar-refractivity contribution in [1.82, 2.24) is 15.0 Å². The number of nitrogens with one attached hydrogen (secondary N) is 1. The zero-order valence-corrected chi connectivity index (χ0v) is 10.3. The first-order valence-corrected chi connectivity index (χ1v) is 4.54. The molecule has 0 aliphatic rings. The maximum absolute atomic E-state index is 5.84. The van der Waals surface area contributed by atoms with Crippen molar-refractivity contribution >= 4 is 58.4 Å². The molecular formula is C10H11Cl2N5. The second kappa shape index (κ2) is 4.65. The summed E-state index contributed by atoms with van der Waals surface area (Å²) in [7, 11) is 0. The standard InChI is InChI=1S/C10H9N5.2ClH/c11-9-8-5-3-4-13-6(5)1-2-7(8)14-10(12)15-9;;/h1-4,13H,(H4,11,12,14,15);2*1H. The number of anilines is 2. The zero-order valence-electron chi connectivity index (χ0n) is 8.68. The highest BCUT2D eigenvalue weighted by Gasteiger charge is 2.07. The summed E-state index contributed by atoms with van der Waals surface area (Å²) in [6.07, 6.45) is 1.86. The molecule has 5 nitrogen and oxygen atoms in total. The first kappa shape index (κ1) is 13.3. The minimum absolute atomic E-state index is 0. The molecule has 0 spiro atoms. The molecule has 0 fully saturated rings. The van der Waals surface area contributed by atoms with Crippen molar-refractivity contribution in [2.24, 2.45) is 0 Å². The SMILES string of the molecule is Cl.Cl.Nc1nc(N)c2c(ccc3[nH]ccc32)n1. The summed E-state index contributed by atoms with van der Waals surface area (Å²) in [5, 5.41) is 1.87. The Morgan fingerprint density at radius 2 is 1.76 bits per heavy atom. The van der Waals surface area contributed by atoms with Crippen molar-refractivity contribution in [2.75, 3.05) is 11.5 Å². The van der Waals surface area contributed by atoms with Crippen molar-refractivity contribution in [3.8, 4) is 0 Å². The molecule has 90 valence electrons. The number of nitrogens with two attached hydrogens (primary N) is 2. The molecule has 5 N–H and O–H groups in total. The van der Waals surface area contributed by atoms with Crippen LogP contribution in [-0.2, 0) is 0 Å². The molecule has 2 aromatic heterocycles. The topological polar surface area (TPSA) is 93.6 Å². The molecule has 0 atom stereocenters. The van der Waals surface area contributed by atoms with Crippen LogP contribution in [0.3, 0.4) is 0 Å². The fourth-order valence-corrected chi connectivity index (χ4v) is 1.81. The Bertz CT molecular complexity index is 664. The van der Waals surface area contributed by atoms with Crippen LogP contribution in [0.1, 0.15) is 0 Å². The monoisotopic (exact) mass is 271 g/mol. The lowest BCUT2D eigenvalue weighted by atomic mass is 10.1. The smallest absolute Gasteiger partial charge is 0.222 e. The van der Waals surface area contributed by atoms with E-state index in [2.05, 4.69) is 15.0 Å². The molecule has 0 bridgehead atoms. The van der Waals surface area contributed by atoms with E-state index in [9.17, 15) is 0 Å². The van der Waals surface area contributed by atoms with Crippen LogP contribution in [0.5, 0.6) is 0 Å². The van der Waals surface area contributed by atoms with Gasteiger partial charge in [-0.3, -0.25) is 0 Å². The van der Waals surface area contributed by atoms with Crippen LogP contribution in [-0.4, -0.2) is 15.0 Å². The molecular weight excluding hydrogens is 261 g/mol. The quantitative estimate of drug-likeness (QED) is 0.584. The number of hydrogen-bond donors (Lipinski definition) is 3. The van der Waals surface area contributed by atoms with Crippen LogP contribution in [0.25, 0.3) is 21.8 Å². The van der Waals surface area contributed by atoms with Crippen LogP contribution < -0.4 is 11.5 Å². The lowest BCUT2D eigenvalue weighted by Crippen LogP contribution is -2.00. The minimum Gasteiger partial charge on any atom is -0.383 e. The third-order valence-corrected chi connectivity index (χ3v) is 2.44. The number of nitrogen functional groups attached to an aromatic ring is 2. The van der Waals surface area contributed by atoms with Crippen LogP contribution >= 0.6 is 24.8 Å². The second-order valence-corrected chi connectivity index (χ2v) is 3.37. The first-order valence-electron chi connectivity index (χ1n) is 4.54. The van der Waals surface area contributed by atoms with Crippen molar-refractivity contribution in [2.45, 2.75) is 0 Å². The minimum atomic E-state index is 0. The Balaban J connectivity index is 0.000000722. The third-order valence-electron chi connectivity index (χ3n) is 2.44. The highest BCUT2D eigenvalue weighted by atomic mass is 35.5. The number of hydrogen-bond acceptors (Lipinski definition) is 4. The molecule has 2 heterocycles. The summed E-state index contributed by atoms with van der Waals surface area (Å²) >= 11 is 0. The van der Waals surface area contributed by atoms with E-state index in [1.54, 1.807) is 0 Å². The van der Waals surface area contributed by atoms with Crippen molar-refractivity contribution < 1.29 is 0 Å². The van der Waals surface area contributed by atoms with Gasteiger partial charge in [-0.15, -0.1) is 24.8 Å². The van der Waals surface area contributed by atoms with E-state index < -0.39 is 0 Å². The Kier molecular flexibility index (Phi) is 3.65. The zero-order chi connectivity index (χ0) is 10.4. The van der Waals surface area contributed by atoms with E-state index in [4.69, 9.17) is 11.5 Å². The largest absolute Gasteiger partial charge is 0.383 e. The molecule has 0 saturated carbocycles. The summed E-state index contributed by atoms with van der Waals surface area (Å²) in [5.74, 6) is 0.623. The van der Waals surface area contributed by atoms with E-state index in [-0.39, 0.29) is 30.8 Å². The van der Waals surface area contributed by atoms with Gasteiger partial charge in [-0.05, 0) is 18.2 Å². The Morgan fingerprint density at radius 3 is 2.53 bits per heavy atom. The molecule has 0 aliphatic carbocycles. The molecule has 0 unspecified atom stereocenters. The van der Waals surface area contributed by atoms with Crippen molar-refractivity contribution in [3.05, 3.63) is 24.4 Å². The summed E-state index contributed by atoms with van der Waals surface area (Å²) < 4.78 is 0. The molecule has 17 heavy (non-hydrogen) atoms. The summed E-state index contributed by atoms with van der Waals surface area (Å²) in [6.45, 7) is 0. The Morgan fingerprint density at radius 1 is 1.00 bits per heavy atom. The lowest BCUT2D eigenvalue weighted by Gasteiger charge is -2.03. The third kappa shape index (κ3) is 1.94. The van der Waals surface area contributed by atoms with E-state index in [0.29, 0.717) is 5.82 Å². The van der Waals surface area contributed by atoms with Gasteiger partial charge >= 0.3 is 0 Å². The first-order chi connectivity index (χ1) is 7.25. The summed E-state index contributed by atoms with van der Waals surface area (Å²) in [4.78, 5) is 11.2. The van der Waals surface area contributed by atoms with Gasteiger partial charge in [0.2, 0.25) is 5.95 Å². The predicted octanol–water partition coefficient (Wildman–Crippen LogP) is 2.12. The van der Waals surface area contributed by atoms with E-state index in [0.717, 1.165) is 21.8 Å². The molecule has 0 aliphatic heterocycles. The highest BCUT2D eigenvalue weighted by Crippen LogP contribution is 2.27. The number of aromatic nitrogens is 3. The fourth-order valence-electron chi connectivity index (χ4n) is 1.81. The van der Waals surface area contributed by atoms with Crippen LogP contribution in [0.15, 0.2) is 24.4 Å². The Labute approximate surface area is 109 Å². The maximum atomic E-state index is 5.84. The van der Waals surface area contributed by atoms with Gasteiger partial charge < -0.3 is 16.5 Å². The van der Waals surface area contributed by atoms with Gasteiger partial charge in [-0.1, -0.05) is 0 Å². The van der Waals surface area contributed by atoms with Crippen molar-refractivity contribution in [3.63, 3.8) is 0 Å². The highest BCUT2D eigenvalue weighted by molar-refractivity contribution is 6.10. The number of nitrogens with zero attached hydrogens (tertiary/aromatic N) is 2. The second-order valence-electron chi connectivity index (χ2n) is 3.37. The average molecular weight is 272 g/mol. The van der Waals surface area contributed by atoms with Gasteiger partial charge in [-0.2, -0.15) is 4.98 Å². The van der Waals surface area contributed by atoms with Gasteiger partial charge in [0.25, 0.3) is 0 Å².